The van der Waals surface area contributed by atoms with Gasteiger partial charge in [0.25, 0.3) is 0 Å². The number of methoxy groups -OCH3 is 1. The maximum Gasteiger partial charge on any atom is 0.410 e. The summed E-state index contributed by atoms with van der Waals surface area (Å²) < 4.78 is 10.2. The summed E-state index contributed by atoms with van der Waals surface area (Å²) in [4.78, 5) is 25.8. The number of amides is 1. The lowest BCUT2D eigenvalue weighted by molar-refractivity contribution is -0.147. The summed E-state index contributed by atoms with van der Waals surface area (Å²) in [5.41, 5.74) is 5.20. The van der Waals surface area contributed by atoms with Crippen molar-refractivity contribution in [3.8, 4) is 0 Å². The van der Waals surface area contributed by atoms with E-state index in [0.717, 1.165) is 6.42 Å². The van der Waals surface area contributed by atoms with Gasteiger partial charge in [-0.1, -0.05) is 20.8 Å². The summed E-state index contributed by atoms with van der Waals surface area (Å²) >= 11 is 0. The van der Waals surface area contributed by atoms with Gasteiger partial charge >= 0.3 is 12.1 Å². The molecule has 3 atom stereocenters. The monoisotopic (exact) mass is 328 g/mol. The van der Waals surface area contributed by atoms with Crippen molar-refractivity contribution >= 4 is 12.1 Å². The molecule has 0 bridgehead atoms. The molecule has 0 aromatic rings. The van der Waals surface area contributed by atoms with Gasteiger partial charge in [-0.15, -0.1) is 0 Å². The minimum atomic E-state index is -0.673. The molecule has 3 unspecified atom stereocenters. The summed E-state index contributed by atoms with van der Waals surface area (Å²) in [5.74, 6) is 0.0639. The van der Waals surface area contributed by atoms with Gasteiger partial charge in [-0.3, -0.25) is 4.79 Å². The zero-order valence-corrected chi connectivity index (χ0v) is 15.5. The molecule has 0 radical (unpaired) electrons. The Labute approximate surface area is 139 Å². The second-order valence-electron chi connectivity index (χ2n) is 8.12. The first-order chi connectivity index (χ1) is 10.4. The van der Waals surface area contributed by atoms with Crippen LogP contribution in [0, 0.1) is 17.3 Å². The highest BCUT2D eigenvalue weighted by Crippen LogP contribution is 2.40. The number of carbonyl (C=O) groups is 2. The Morgan fingerprint density at radius 3 is 2.22 bits per heavy atom. The number of piperidine rings is 1. The summed E-state index contributed by atoms with van der Waals surface area (Å²) in [6, 6.07) is -0.673. The molecular weight excluding hydrogens is 296 g/mol. The van der Waals surface area contributed by atoms with Gasteiger partial charge in [-0.2, -0.15) is 0 Å². The first-order valence-corrected chi connectivity index (χ1v) is 8.21. The topological polar surface area (TPSA) is 81.9 Å². The van der Waals surface area contributed by atoms with E-state index in [0.29, 0.717) is 13.1 Å². The molecule has 0 aromatic carbocycles. The van der Waals surface area contributed by atoms with Crippen molar-refractivity contribution in [1.29, 1.82) is 0 Å². The normalized spacial score (nSPS) is 24.1. The fourth-order valence-corrected chi connectivity index (χ4v) is 3.40. The van der Waals surface area contributed by atoms with Crippen LogP contribution in [0.25, 0.3) is 0 Å². The lowest BCUT2D eigenvalue weighted by Gasteiger charge is -2.46. The fourth-order valence-electron chi connectivity index (χ4n) is 3.40. The van der Waals surface area contributed by atoms with E-state index in [9.17, 15) is 9.59 Å². The highest BCUT2D eigenvalue weighted by molar-refractivity contribution is 5.76. The summed E-state index contributed by atoms with van der Waals surface area (Å²) in [5, 5.41) is 0. The van der Waals surface area contributed by atoms with Crippen LogP contribution in [0.15, 0.2) is 0 Å². The predicted molar refractivity (Wildman–Crippen MR) is 88.9 cm³/mol. The Hall–Kier alpha value is -1.30. The molecule has 0 spiro atoms. The minimum absolute atomic E-state index is 0.224. The van der Waals surface area contributed by atoms with Crippen molar-refractivity contribution in [1.82, 2.24) is 4.90 Å². The van der Waals surface area contributed by atoms with E-state index in [2.05, 4.69) is 6.92 Å². The molecule has 0 saturated carbocycles. The van der Waals surface area contributed by atoms with E-state index >= 15 is 0 Å². The van der Waals surface area contributed by atoms with Gasteiger partial charge in [0, 0.05) is 13.1 Å². The lowest BCUT2D eigenvalue weighted by atomic mass is 9.65. The number of rotatable bonds is 3. The van der Waals surface area contributed by atoms with Crippen molar-refractivity contribution in [2.24, 2.45) is 23.0 Å². The summed E-state index contributed by atoms with van der Waals surface area (Å²) in [6.45, 7) is 12.9. The zero-order chi connectivity index (χ0) is 18.0. The van der Waals surface area contributed by atoms with Crippen LogP contribution < -0.4 is 5.73 Å². The number of nitrogens with zero attached hydrogens (tertiary/aromatic N) is 1. The van der Waals surface area contributed by atoms with E-state index in [1.807, 2.05) is 34.6 Å². The number of likely N-dealkylation sites (tertiary alicyclic amines) is 1. The van der Waals surface area contributed by atoms with E-state index < -0.39 is 23.0 Å². The molecule has 6 heteroatoms. The van der Waals surface area contributed by atoms with E-state index in [1.165, 1.54) is 7.11 Å². The Kier molecular flexibility index (Phi) is 6.07. The minimum Gasteiger partial charge on any atom is -0.468 e. The molecule has 134 valence electrons. The quantitative estimate of drug-likeness (QED) is 0.805. The number of hydrogen-bond acceptors (Lipinski definition) is 5. The zero-order valence-electron chi connectivity index (χ0n) is 15.5. The van der Waals surface area contributed by atoms with Crippen molar-refractivity contribution in [3.05, 3.63) is 0 Å². The number of carbonyl (C=O) groups excluding carboxylic acids is 2. The van der Waals surface area contributed by atoms with Gasteiger partial charge < -0.3 is 20.1 Å². The predicted octanol–water partition coefficient (Wildman–Crippen LogP) is 2.41. The van der Waals surface area contributed by atoms with Crippen LogP contribution >= 0.6 is 0 Å². The largest absolute Gasteiger partial charge is 0.468 e. The molecule has 1 aliphatic heterocycles. The van der Waals surface area contributed by atoms with E-state index in [4.69, 9.17) is 15.2 Å². The van der Waals surface area contributed by atoms with Gasteiger partial charge in [0.05, 0.1) is 7.11 Å². The maximum absolute atomic E-state index is 12.2. The third-order valence-corrected chi connectivity index (χ3v) is 4.77. The first-order valence-electron chi connectivity index (χ1n) is 8.21. The molecule has 1 saturated heterocycles. The Bertz CT molecular complexity index is 442. The Balaban J connectivity index is 2.75. The van der Waals surface area contributed by atoms with Crippen LogP contribution in [0.5, 0.6) is 0 Å². The molecule has 2 N–H and O–H groups in total. The molecule has 1 heterocycles. The van der Waals surface area contributed by atoms with Crippen LogP contribution in [-0.4, -0.2) is 48.8 Å². The molecular formula is C17H32N2O4. The number of ether oxygens (including phenoxy) is 2. The standard InChI is InChI=1S/C17H32N2O4/c1-11-10-19(15(21)23-16(2,3)4)9-8-12(11)17(5,6)13(18)14(20)22-7/h11-13H,8-10,18H2,1-7H3. The average Bonchev–Trinajstić information content (AvgIpc) is 2.43. The molecule has 0 aromatic heterocycles. The molecule has 0 aliphatic carbocycles. The van der Waals surface area contributed by atoms with Crippen molar-refractivity contribution in [3.63, 3.8) is 0 Å². The highest BCUT2D eigenvalue weighted by Gasteiger charge is 2.45. The van der Waals surface area contributed by atoms with Gasteiger partial charge in [0.2, 0.25) is 0 Å². The third kappa shape index (κ3) is 4.83. The van der Waals surface area contributed by atoms with Gasteiger partial charge in [-0.05, 0) is 44.4 Å². The third-order valence-electron chi connectivity index (χ3n) is 4.77. The average molecular weight is 328 g/mol. The summed E-state index contributed by atoms with van der Waals surface area (Å²) in [6.07, 6.45) is 0.510. The molecule has 1 amide bonds. The van der Waals surface area contributed by atoms with Crippen molar-refractivity contribution < 1.29 is 19.1 Å². The Morgan fingerprint density at radius 2 is 1.78 bits per heavy atom. The van der Waals surface area contributed by atoms with Crippen LogP contribution in [0.2, 0.25) is 0 Å². The number of nitrogens with two attached hydrogens (primary N) is 1. The molecule has 1 rings (SSSR count). The second-order valence-corrected chi connectivity index (χ2v) is 8.12. The van der Waals surface area contributed by atoms with Crippen molar-refractivity contribution in [2.75, 3.05) is 20.2 Å². The van der Waals surface area contributed by atoms with Gasteiger partial charge in [0.15, 0.2) is 0 Å². The number of esters is 1. The van der Waals surface area contributed by atoms with Crippen molar-refractivity contribution in [2.45, 2.75) is 59.6 Å². The second kappa shape index (κ2) is 7.07. The van der Waals surface area contributed by atoms with Crippen LogP contribution in [0.1, 0.15) is 48.0 Å². The van der Waals surface area contributed by atoms with Gasteiger partial charge in [0.1, 0.15) is 11.6 Å². The summed E-state index contributed by atoms with van der Waals surface area (Å²) in [7, 11) is 1.35. The molecule has 1 fully saturated rings. The van der Waals surface area contributed by atoms with Gasteiger partial charge in [-0.25, -0.2) is 4.79 Å². The smallest absolute Gasteiger partial charge is 0.410 e. The molecule has 6 nitrogen and oxygen atoms in total. The molecule has 23 heavy (non-hydrogen) atoms. The fraction of sp³-hybridized carbons (Fsp3) is 0.882. The van der Waals surface area contributed by atoms with Crippen LogP contribution in [-0.2, 0) is 14.3 Å². The van der Waals surface area contributed by atoms with Crippen LogP contribution in [0.4, 0.5) is 4.79 Å². The van der Waals surface area contributed by atoms with Crippen LogP contribution in [0.3, 0.4) is 0 Å². The first kappa shape index (κ1) is 19.7. The van der Waals surface area contributed by atoms with E-state index in [1.54, 1.807) is 4.90 Å². The SMILES string of the molecule is COC(=O)C(N)C(C)(C)C1CCN(C(=O)OC(C)(C)C)CC1C. The highest BCUT2D eigenvalue weighted by atomic mass is 16.6. The number of hydrogen-bond donors (Lipinski definition) is 1. The maximum atomic E-state index is 12.2. The Morgan fingerprint density at radius 1 is 1.22 bits per heavy atom. The van der Waals surface area contributed by atoms with E-state index in [-0.39, 0.29) is 17.9 Å². The molecule has 1 aliphatic rings. The lowest BCUT2D eigenvalue weighted by Crippen LogP contribution is -2.55.